The van der Waals surface area contributed by atoms with Crippen molar-refractivity contribution in [1.29, 1.82) is 0 Å². The average molecular weight is 330 g/mol. The number of fused-ring (bicyclic) bond motifs is 1. The van der Waals surface area contributed by atoms with Gasteiger partial charge in [-0.1, -0.05) is 12.1 Å². The molecule has 7 heteroatoms. The van der Waals surface area contributed by atoms with Crippen molar-refractivity contribution in [2.75, 3.05) is 6.26 Å². The molecule has 0 aliphatic rings. The number of halogens is 1. The summed E-state index contributed by atoms with van der Waals surface area (Å²) in [5.74, 6) is 1.02. The number of hydrogen-bond acceptors (Lipinski definition) is 3. The van der Waals surface area contributed by atoms with Crippen molar-refractivity contribution in [2.24, 2.45) is 0 Å². The monoisotopic (exact) mass is 329 g/mol. The van der Waals surface area contributed by atoms with Crippen molar-refractivity contribution in [3.63, 3.8) is 0 Å². The summed E-state index contributed by atoms with van der Waals surface area (Å²) in [7, 11) is -3.28. The molecule has 2 aromatic rings. The van der Waals surface area contributed by atoms with Gasteiger partial charge in [-0.25, -0.2) is 18.1 Å². The fraction of sp³-hybridized carbons (Fsp3) is 0.500. The van der Waals surface area contributed by atoms with Crippen molar-refractivity contribution in [3.05, 3.63) is 29.6 Å². The van der Waals surface area contributed by atoms with E-state index in [0.717, 1.165) is 28.7 Å². The standard InChI is InChI=1S/C14H20ClN3O2S/c1-10-6-5-7-11-13(10)16-12(8-15)18(11)9-14(2,3)17-21(4,19)20/h5-7,17H,8-9H2,1-4H3. The molecule has 0 atom stereocenters. The summed E-state index contributed by atoms with van der Waals surface area (Å²) in [5, 5.41) is 0. The molecule has 1 aromatic carbocycles. The molecule has 0 aliphatic heterocycles. The summed E-state index contributed by atoms with van der Waals surface area (Å²) >= 11 is 6.00. The molecule has 0 radical (unpaired) electrons. The Kier molecular flexibility index (Phi) is 4.33. The van der Waals surface area contributed by atoms with Crippen LogP contribution < -0.4 is 4.72 Å². The molecule has 5 nitrogen and oxygen atoms in total. The van der Waals surface area contributed by atoms with Gasteiger partial charge in [0.05, 0.1) is 23.2 Å². The minimum Gasteiger partial charge on any atom is -0.325 e. The Morgan fingerprint density at radius 2 is 2.05 bits per heavy atom. The number of rotatable bonds is 5. The Labute approximate surface area is 130 Å². The van der Waals surface area contributed by atoms with Crippen LogP contribution >= 0.6 is 11.6 Å². The van der Waals surface area contributed by atoms with E-state index >= 15 is 0 Å². The van der Waals surface area contributed by atoms with Gasteiger partial charge in [0.25, 0.3) is 0 Å². The van der Waals surface area contributed by atoms with E-state index in [9.17, 15) is 8.42 Å². The predicted octanol–water partition coefficient (Wildman–Crippen LogP) is 2.41. The Hall–Kier alpha value is -1.11. The third kappa shape index (κ3) is 3.75. The zero-order chi connectivity index (χ0) is 15.8. The zero-order valence-corrected chi connectivity index (χ0v) is 14.2. The number of nitrogens with one attached hydrogen (secondary N) is 1. The smallest absolute Gasteiger partial charge is 0.209 e. The molecule has 2 rings (SSSR count). The third-order valence-corrected chi connectivity index (χ3v) is 4.36. The second kappa shape index (κ2) is 5.59. The molecule has 0 aliphatic carbocycles. The highest BCUT2D eigenvalue weighted by molar-refractivity contribution is 7.88. The number of benzene rings is 1. The van der Waals surface area contributed by atoms with Gasteiger partial charge < -0.3 is 4.57 Å². The lowest BCUT2D eigenvalue weighted by Gasteiger charge is -2.26. The highest BCUT2D eigenvalue weighted by atomic mass is 35.5. The van der Waals surface area contributed by atoms with Crippen LogP contribution in [0.4, 0.5) is 0 Å². The molecule has 0 saturated carbocycles. The Bertz CT molecular complexity index is 766. The van der Waals surface area contributed by atoms with Crippen LogP contribution in [-0.4, -0.2) is 29.8 Å². The second-order valence-electron chi connectivity index (χ2n) is 5.95. The van der Waals surface area contributed by atoms with E-state index in [-0.39, 0.29) is 5.88 Å². The average Bonchev–Trinajstić information content (AvgIpc) is 2.65. The van der Waals surface area contributed by atoms with E-state index in [0.29, 0.717) is 6.54 Å². The first kappa shape index (κ1) is 16.3. The second-order valence-corrected chi connectivity index (χ2v) is 7.96. The molecule has 0 unspecified atom stereocenters. The molecular weight excluding hydrogens is 310 g/mol. The van der Waals surface area contributed by atoms with Crippen LogP contribution in [0.5, 0.6) is 0 Å². The van der Waals surface area contributed by atoms with Crippen LogP contribution in [0.25, 0.3) is 11.0 Å². The van der Waals surface area contributed by atoms with Crippen molar-refractivity contribution < 1.29 is 8.42 Å². The summed E-state index contributed by atoms with van der Waals surface area (Å²) in [4.78, 5) is 4.57. The van der Waals surface area contributed by atoms with Crippen molar-refractivity contribution in [1.82, 2.24) is 14.3 Å². The predicted molar refractivity (Wildman–Crippen MR) is 86.1 cm³/mol. The van der Waals surface area contributed by atoms with E-state index < -0.39 is 15.6 Å². The van der Waals surface area contributed by atoms with Crippen LogP contribution in [0.15, 0.2) is 18.2 Å². The van der Waals surface area contributed by atoms with E-state index in [1.54, 1.807) is 0 Å². The maximum Gasteiger partial charge on any atom is 0.209 e. The van der Waals surface area contributed by atoms with Gasteiger partial charge in [-0.05, 0) is 32.4 Å². The zero-order valence-electron chi connectivity index (χ0n) is 12.6. The summed E-state index contributed by atoms with van der Waals surface area (Å²) < 4.78 is 27.6. The number of alkyl halides is 1. The van der Waals surface area contributed by atoms with Gasteiger partial charge in [-0.3, -0.25) is 0 Å². The molecule has 1 aromatic heterocycles. The Balaban J connectivity index is 2.48. The van der Waals surface area contributed by atoms with Crippen LogP contribution in [0, 0.1) is 6.92 Å². The minimum atomic E-state index is -3.28. The van der Waals surface area contributed by atoms with Gasteiger partial charge in [0.1, 0.15) is 5.82 Å². The summed E-state index contributed by atoms with van der Waals surface area (Å²) in [6.07, 6.45) is 1.16. The van der Waals surface area contributed by atoms with Crippen molar-refractivity contribution >= 4 is 32.7 Å². The first-order chi connectivity index (χ1) is 9.63. The Morgan fingerprint density at radius 1 is 1.38 bits per heavy atom. The van der Waals surface area contributed by atoms with E-state index in [1.807, 2.05) is 43.5 Å². The van der Waals surface area contributed by atoms with Gasteiger partial charge in [-0.2, -0.15) is 0 Å². The molecule has 1 N–H and O–H groups in total. The van der Waals surface area contributed by atoms with E-state index in [1.165, 1.54) is 0 Å². The number of para-hydroxylation sites is 1. The lowest BCUT2D eigenvalue weighted by Crippen LogP contribution is -2.46. The third-order valence-electron chi connectivity index (χ3n) is 3.19. The first-order valence-corrected chi connectivity index (χ1v) is 9.05. The topological polar surface area (TPSA) is 64.0 Å². The highest BCUT2D eigenvalue weighted by Gasteiger charge is 2.25. The number of aryl methyl sites for hydroxylation is 1. The van der Waals surface area contributed by atoms with Gasteiger partial charge in [0.15, 0.2) is 0 Å². The largest absolute Gasteiger partial charge is 0.325 e. The molecule has 0 amide bonds. The fourth-order valence-corrected chi connectivity index (χ4v) is 3.82. The van der Waals surface area contributed by atoms with Crippen LogP contribution in [0.1, 0.15) is 25.2 Å². The van der Waals surface area contributed by atoms with Crippen molar-refractivity contribution in [3.8, 4) is 0 Å². The van der Waals surface area contributed by atoms with Crippen LogP contribution in [0.2, 0.25) is 0 Å². The lowest BCUT2D eigenvalue weighted by molar-refractivity contribution is 0.392. The molecule has 21 heavy (non-hydrogen) atoms. The quantitative estimate of drug-likeness (QED) is 0.857. The molecule has 0 fully saturated rings. The number of sulfonamides is 1. The number of aromatic nitrogens is 2. The Morgan fingerprint density at radius 3 is 2.62 bits per heavy atom. The lowest BCUT2D eigenvalue weighted by atomic mass is 10.1. The molecule has 0 saturated heterocycles. The van der Waals surface area contributed by atoms with Gasteiger partial charge >= 0.3 is 0 Å². The van der Waals surface area contributed by atoms with Gasteiger partial charge in [-0.15, -0.1) is 11.6 Å². The van der Waals surface area contributed by atoms with Gasteiger partial charge in [0, 0.05) is 12.1 Å². The maximum absolute atomic E-state index is 11.5. The number of hydrogen-bond donors (Lipinski definition) is 1. The molecule has 1 heterocycles. The van der Waals surface area contributed by atoms with E-state index in [4.69, 9.17) is 11.6 Å². The number of nitrogens with zero attached hydrogens (tertiary/aromatic N) is 2. The summed E-state index contributed by atoms with van der Waals surface area (Å²) in [6.45, 7) is 6.14. The first-order valence-electron chi connectivity index (χ1n) is 6.62. The summed E-state index contributed by atoms with van der Waals surface area (Å²) in [5.41, 5.74) is 2.31. The maximum atomic E-state index is 11.5. The number of imidazole rings is 1. The molecule has 0 spiro atoms. The fourth-order valence-electron chi connectivity index (χ4n) is 2.54. The minimum absolute atomic E-state index is 0.281. The molecule has 116 valence electrons. The van der Waals surface area contributed by atoms with Gasteiger partial charge in [0.2, 0.25) is 10.0 Å². The van der Waals surface area contributed by atoms with Crippen LogP contribution in [0.3, 0.4) is 0 Å². The highest BCUT2D eigenvalue weighted by Crippen LogP contribution is 2.23. The van der Waals surface area contributed by atoms with E-state index in [2.05, 4.69) is 9.71 Å². The van der Waals surface area contributed by atoms with Crippen LogP contribution in [-0.2, 0) is 22.4 Å². The van der Waals surface area contributed by atoms with Crippen molar-refractivity contribution in [2.45, 2.75) is 38.7 Å². The normalized spacial score (nSPS) is 13.0. The molecular formula is C14H20ClN3O2S. The summed E-state index contributed by atoms with van der Waals surface area (Å²) in [6, 6.07) is 5.93. The molecule has 0 bridgehead atoms. The SMILES string of the molecule is Cc1cccc2c1nc(CCl)n2CC(C)(C)NS(C)(=O)=O.